The molecule has 0 atom stereocenters. The minimum Gasteiger partial charge on any atom is -0.493 e. The summed E-state index contributed by atoms with van der Waals surface area (Å²) < 4.78 is 12.6. The van der Waals surface area contributed by atoms with Crippen LogP contribution in [-0.2, 0) is 17.9 Å². The lowest BCUT2D eigenvalue weighted by Gasteiger charge is -2.12. The summed E-state index contributed by atoms with van der Waals surface area (Å²) in [7, 11) is 1.55. The number of aryl methyl sites for hydroxylation is 2. The molecule has 3 rings (SSSR count). The van der Waals surface area contributed by atoms with E-state index in [-0.39, 0.29) is 17.9 Å². The van der Waals surface area contributed by atoms with Gasteiger partial charge in [0.05, 0.1) is 18.2 Å². The second-order valence-electron chi connectivity index (χ2n) is 7.35. The Morgan fingerprint density at radius 1 is 1.21 bits per heavy atom. The van der Waals surface area contributed by atoms with Gasteiger partial charge in [-0.3, -0.25) is 19.6 Å². The molecule has 1 heterocycles. The second-order valence-corrected chi connectivity index (χ2v) is 7.35. The first kappa shape index (κ1) is 23.5. The summed E-state index contributed by atoms with van der Waals surface area (Å²) in [4.78, 5) is 22.7. The Morgan fingerprint density at radius 2 is 1.97 bits per heavy atom. The fraction of sp³-hybridized carbons (Fsp3) is 0.261. The van der Waals surface area contributed by atoms with E-state index in [1.165, 1.54) is 17.8 Å². The van der Waals surface area contributed by atoms with E-state index >= 15 is 0 Å². The third kappa shape index (κ3) is 5.73. The average Bonchev–Trinajstić information content (AvgIpc) is 3.06. The number of nitro groups is 1. The summed E-state index contributed by atoms with van der Waals surface area (Å²) in [5.41, 5.74) is 5.79. The predicted octanol–water partition coefficient (Wildman–Crippen LogP) is 3.45. The lowest BCUT2D eigenvalue weighted by Crippen LogP contribution is -2.24. The largest absolute Gasteiger partial charge is 0.493 e. The zero-order valence-corrected chi connectivity index (χ0v) is 18.9. The highest BCUT2D eigenvalue weighted by atomic mass is 16.6. The van der Waals surface area contributed by atoms with E-state index in [0.717, 1.165) is 11.1 Å². The van der Waals surface area contributed by atoms with Gasteiger partial charge in [-0.2, -0.15) is 10.2 Å². The Labute approximate surface area is 191 Å². The summed E-state index contributed by atoms with van der Waals surface area (Å²) in [5, 5.41) is 19.1. The smallest absolute Gasteiger partial charge is 0.312 e. The molecule has 0 unspecified atom stereocenters. The van der Waals surface area contributed by atoms with Crippen LogP contribution >= 0.6 is 0 Å². The van der Waals surface area contributed by atoms with Crippen molar-refractivity contribution < 1.29 is 19.2 Å². The molecule has 0 spiro atoms. The van der Waals surface area contributed by atoms with Gasteiger partial charge in [-0.1, -0.05) is 24.3 Å². The number of amides is 1. The van der Waals surface area contributed by atoms with Crippen molar-refractivity contribution in [3.63, 3.8) is 0 Å². The maximum atomic E-state index is 12.2. The number of benzene rings is 2. The van der Waals surface area contributed by atoms with Crippen molar-refractivity contribution in [1.29, 1.82) is 0 Å². The molecule has 0 aliphatic heterocycles. The maximum Gasteiger partial charge on any atom is 0.312 e. The third-order valence-corrected chi connectivity index (χ3v) is 5.05. The number of nitrogens with one attached hydrogen (secondary N) is 1. The van der Waals surface area contributed by atoms with E-state index in [1.54, 1.807) is 32.2 Å². The van der Waals surface area contributed by atoms with Crippen LogP contribution in [0.5, 0.6) is 11.5 Å². The van der Waals surface area contributed by atoms with Crippen molar-refractivity contribution >= 4 is 17.8 Å². The Balaban J connectivity index is 1.61. The molecule has 1 amide bonds. The van der Waals surface area contributed by atoms with Gasteiger partial charge in [0, 0.05) is 0 Å². The molecule has 3 aromatic rings. The molecular formula is C23H25N5O5. The van der Waals surface area contributed by atoms with Crippen LogP contribution in [0.3, 0.4) is 0 Å². The van der Waals surface area contributed by atoms with E-state index < -0.39 is 10.8 Å². The normalized spacial score (nSPS) is 10.9. The van der Waals surface area contributed by atoms with Gasteiger partial charge in [-0.25, -0.2) is 5.43 Å². The molecular weight excluding hydrogens is 426 g/mol. The molecule has 2 aromatic carbocycles. The van der Waals surface area contributed by atoms with Crippen molar-refractivity contribution in [2.75, 3.05) is 7.11 Å². The molecule has 0 saturated carbocycles. The molecule has 10 heteroatoms. The predicted molar refractivity (Wildman–Crippen MR) is 123 cm³/mol. The first-order valence-electron chi connectivity index (χ1n) is 10.2. The number of methoxy groups -OCH3 is 1. The van der Waals surface area contributed by atoms with Gasteiger partial charge in [-0.05, 0) is 55.7 Å². The van der Waals surface area contributed by atoms with Crippen LogP contribution in [0.25, 0.3) is 0 Å². The highest BCUT2D eigenvalue weighted by Crippen LogP contribution is 2.28. The Hall–Kier alpha value is -4.21. The van der Waals surface area contributed by atoms with Crippen molar-refractivity contribution in [3.05, 3.63) is 80.7 Å². The van der Waals surface area contributed by atoms with Gasteiger partial charge >= 0.3 is 5.69 Å². The fourth-order valence-electron chi connectivity index (χ4n) is 3.27. The minimum atomic E-state index is -0.508. The number of hydrogen-bond acceptors (Lipinski definition) is 7. The molecule has 0 radical (unpaired) electrons. The van der Waals surface area contributed by atoms with Crippen molar-refractivity contribution in [2.45, 2.75) is 33.9 Å². The summed E-state index contributed by atoms with van der Waals surface area (Å²) in [6.07, 6.45) is 1.47. The molecule has 1 N–H and O–H groups in total. The van der Waals surface area contributed by atoms with E-state index in [2.05, 4.69) is 15.6 Å². The summed E-state index contributed by atoms with van der Waals surface area (Å²) in [5.74, 6) is 0.666. The quantitative estimate of drug-likeness (QED) is 0.302. The summed E-state index contributed by atoms with van der Waals surface area (Å²) in [6, 6.07) is 13.3. The number of nitrogens with zero attached hydrogens (tertiary/aromatic N) is 4. The minimum absolute atomic E-state index is 0.0943. The number of ether oxygens (including phenoxy) is 2. The average molecular weight is 451 g/mol. The number of carbonyl (C=O) groups is 1. The van der Waals surface area contributed by atoms with Gasteiger partial charge < -0.3 is 9.47 Å². The van der Waals surface area contributed by atoms with Crippen molar-refractivity contribution in [3.8, 4) is 11.5 Å². The van der Waals surface area contributed by atoms with Crippen LogP contribution in [0.1, 0.15) is 28.1 Å². The topological polar surface area (TPSA) is 121 Å². The lowest BCUT2D eigenvalue weighted by molar-refractivity contribution is -0.386. The van der Waals surface area contributed by atoms with Gasteiger partial charge in [0.25, 0.3) is 5.91 Å². The lowest BCUT2D eigenvalue weighted by atomic mass is 10.1. The number of hydrazone groups is 1. The number of hydrogen-bond donors (Lipinski definition) is 1. The molecule has 0 aliphatic carbocycles. The Kier molecular flexibility index (Phi) is 7.39. The van der Waals surface area contributed by atoms with Crippen LogP contribution in [0.15, 0.2) is 47.6 Å². The standard InChI is InChI=1S/C23H25N5O5/c1-15-7-5-6-8-19(15)14-33-20-10-9-18(11-21(20)32-4)12-24-25-22(29)13-27-17(3)23(28(30)31)16(2)26-27/h5-12H,13-14H2,1-4H3,(H,25,29)/b24-12+. The van der Waals surface area contributed by atoms with Crippen molar-refractivity contribution in [1.82, 2.24) is 15.2 Å². The van der Waals surface area contributed by atoms with Crippen LogP contribution < -0.4 is 14.9 Å². The van der Waals surface area contributed by atoms with Crippen molar-refractivity contribution in [2.24, 2.45) is 5.10 Å². The highest BCUT2D eigenvalue weighted by molar-refractivity contribution is 5.83. The zero-order chi connectivity index (χ0) is 24.0. The maximum absolute atomic E-state index is 12.2. The summed E-state index contributed by atoms with van der Waals surface area (Å²) in [6.45, 7) is 5.33. The van der Waals surface area contributed by atoms with Gasteiger partial charge in [0.1, 0.15) is 24.5 Å². The van der Waals surface area contributed by atoms with Gasteiger partial charge in [0.15, 0.2) is 11.5 Å². The number of rotatable bonds is 9. The molecule has 33 heavy (non-hydrogen) atoms. The third-order valence-electron chi connectivity index (χ3n) is 5.05. The highest BCUT2D eigenvalue weighted by Gasteiger charge is 2.22. The molecule has 0 bridgehead atoms. The first-order valence-corrected chi connectivity index (χ1v) is 10.2. The van der Waals surface area contributed by atoms with Crippen LogP contribution in [0.2, 0.25) is 0 Å². The SMILES string of the molecule is COc1cc(/C=N/NC(=O)Cn2nc(C)c([N+](=O)[O-])c2C)ccc1OCc1ccccc1C. The van der Waals surface area contributed by atoms with Gasteiger partial charge in [-0.15, -0.1) is 0 Å². The molecule has 172 valence electrons. The Morgan fingerprint density at radius 3 is 2.64 bits per heavy atom. The summed E-state index contributed by atoms with van der Waals surface area (Å²) >= 11 is 0. The van der Waals surface area contributed by atoms with E-state index in [9.17, 15) is 14.9 Å². The van der Waals surface area contributed by atoms with E-state index in [4.69, 9.17) is 9.47 Å². The van der Waals surface area contributed by atoms with Crippen LogP contribution in [0.4, 0.5) is 5.69 Å². The molecule has 0 saturated heterocycles. The Bertz CT molecular complexity index is 1200. The zero-order valence-electron chi connectivity index (χ0n) is 18.9. The first-order chi connectivity index (χ1) is 15.8. The molecule has 1 aromatic heterocycles. The van der Waals surface area contributed by atoms with Gasteiger partial charge in [0.2, 0.25) is 0 Å². The number of aromatic nitrogens is 2. The van der Waals surface area contributed by atoms with Crippen LogP contribution in [-0.4, -0.2) is 33.9 Å². The molecule has 10 nitrogen and oxygen atoms in total. The van der Waals surface area contributed by atoms with E-state index in [0.29, 0.717) is 29.4 Å². The fourth-order valence-corrected chi connectivity index (χ4v) is 3.27. The molecule has 0 aliphatic rings. The number of carbonyl (C=O) groups excluding carboxylic acids is 1. The van der Waals surface area contributed by atoms with E-state index in [1.807, 2.05) is 31.2 Å². The van der Waals surface area contributed by atoms with Crippen LogP contribution in [0, 0.1) is 30.9 Å². The monoisotopic (exact) mass is 451 g/mol. The second kappa shape index (κ2) is 10.4. The molecule has 0 fully saturated rings.